The van der Waals surface area contributed by atoms with Crippen LogP contribution in [0.5, 0.6) is 17.4 Å². The second kappa shape index (κ2) is 10.9. The number of hydrogen-bond donors (Lipinski definition) is 1. The van der Waals surface area contributed by atoms with Gasteiger partial charge in [-0.25, -0.2) is 13.4 Å². The summed E-state index contributed by atoms with van der Waals surface area (Å²) in [5, 5.41) is 2.79. The number of nitrogens with zero attached hydrogens (tertiary/aromatic N) is 2. The Balaban J connectivity index is 1.58. The number of methoxy groups -OCH3 is 1. The Morgan fingerprint density at radius 3 is 2.49 bits per heavy atom. The minimum absolute atomic E-state index is 0.135. The van der Waals surface area contributed by atoms with Gasteiger partial charge in [-0.2, -0.15) is 4.31 Å². The molecule has 4 rings (SSSR count). The number of aryl methyl sites for hydroxylation is 1. The van der Waals surface area contributed by atoms with Crippen molar-refractivity contribution in [2.75, 3.05) is 38.7 Å². The van der Waals surface area contributed by atoms with Crippen molar-refractivity contribution in [1.82, 2.24) is 9.29 Å². The molecule has 35 heavy (non-hydrogen) atoms. The molecule has 0 spiro atoms. The number of rotatable bonds is 8. The van der Waals surface area contributed by atoms with Crippen LogP contribution in [-0.4, -0.2) is 57.0 Å². The number of aromatic nitrogens is 1. The Morgan fingerprint density at radius 2 is 1.80 bits per heavy atom. The molecule has 1 aromatic heterocycles. The van der Waals surface area contributed by atoms with Gasteiger partial charge in [-0.05, 0) is 60.5 Å². The zero-order valence-electron chi connectivity index (χ0n) is 19.6. The number of morpholine rings is 1. The van der Waals surface area contributed by atoms with Crippen LogP contribution in [0.1, 0.15) is 22.8 Å². The maximum Gasteiger partial charge on any atom is 0.255 e. The largest absolute Gasteiger partial charge is 0.497 e. The van der Waals surface area contributed by atoms with Crippen molar-refractivity contribution in [3.05, 3.63) is 71.9 Å². The standard InChI is InChI=1S/C25H27N3O6S/c1-3-18-6-7-19(17-23(18)35(30,31)28-13-15-33-16-14-28)24(29)27-22-5-4-12-26-25(22)34-21-10-8-20(32-2)9-11-21/h4-12,17H,3,13-16H2,1-2H3,(H,27,29). The normalized spacial score (nSPS) is 14.3. The fraction of sp³-hybridized carbons (Fsp3) is 0.280. The number of carbonyl (C=O) groups excluding carboxylic acids is 1. The average Bonchev–Trinajstić information content (AvgIpc) is 2.90. The second-order valence-electron chi connectivity index (χ2n) is 7.78. The van der Waals surface area contributed by atoms with Crippen molar-refractivity contribution in [2.45, 2.75) is 18.2 Å². The van der Waals surface area contributed by atoms with Crippen LogP contribution >= 0.6 is 0 Å². The first-order valence-corrected chi connectivity index (χ1v) is 12.7. The molecule has 1 amide bonds. The molecule has 9 nitrogen and oxygen atoms in total. The van der Waals surface area contributed by atoms with E-state index in [2.05, 4.69) is 10.3 Å². The number of nitrogens with one attached hydrogen (secondary N) is 1. The number of hydrogen-bond acceptors (Lipinski definition) is 7. The molecule has 1 aliphatic rings. The predicted octanol–water partition coefficient (Wildman–Crippen LogP) is 3.72. The molecule has 3 aromatic rings. The zero-order valence-corrected chi connectivity index (χ0v) is 20.4. The van der Waals surface area contributed by atoms with Gasteiger partial charge in [-0.1, -0.05) is 13.0 Å². The maximum absolute atomic E-state index is 13.3. The number of benzene rings is 2. The number of amides is 1. The summed E-state index contributed by atoms with van der Waals surface area (Å²) in [5.41, 5.74) is 1.22. The van der Waals surface area contributed by atoms with E-state index < -0.39 is 15.9 Å². The van der Waals surface area contributed by atoms with Gasteiger partial charge in [-0.3, -0.25) is 4.79 Å². The van der Waals surface area contributed by atoms with Gasteiger partial charge in [0.25, 0.3) is 5.91 Å². The Labute approximate surface area is 204 Å². The van der Waals surface area contributed by atoms with Gasteiger partial charge in [0.1, 0.15) is 17.2 Å². The molecule has 0 unspecified atom stereocenters. The van der Waals surface area contributed by atoms with Gasteiger partial charge in [0.05, 0.1) is 25.2 Å². The summed E-state index contributed by atoms with van der Waals surface area (Å²) >= 11 is 0. The van der Waals surface area contributed by atoms with Crippen molar-refractivity contribution in [1.29, 1.82) is 0 Å². The molecule has 0 saturated carbocycles. The van der Waals surface area contributed by atoms with E-state index >= 15 is 0 Å². The van der Waals surface area contributed by atoms with Crippen LogP contribution in [0.25, 0.3) is 0 Å². The highest BCUT2D eigenvalue weighted by Gasteiger charge is 2.29. The fourth-order valence-electron chi connectivity index (χ4n) is 3.67. The number of sulfonamides is 1. The molecule has 1 saturated heterocycles. The van der Waals surface area contributed by atoms with Crippen LogP contribution in [0, 0.1) is 0 Å². The lowest BCUT2D eigenvalue weighted by atomic mass is 10.1. The first kappa shape index (κ1) is 24.6. The number of anilines is 1. The summed E-state index contributed by atoms with van der Waals surface area (Å²) in [6.45, 7) is 3.14. The van der Waals surface area contributed by atoms with E-state index in [0.717, 1.165) is 0 Å². The number of carbonyl (C=O) groups is 1. The van der Waals surface area contributed by atoms with Crippen molar-refractivity contribution < 1.29 is 27.4 Å². The lowest BCUT2D eigenvalue weighted by Gasteiger charge is -2.27. The lowest BCUT2D eigenvalue weighted by Crippen LogP contribution is -2.41. The van der Waals surface area contributed by atoms with Crippen LogP contribution in [0.2, 0.25) is 0 Å². The number of pyridine rings is 1. The summed E-state index contributed by atoms with van der Waals surface area (Å²) in [4.78, 5) is 17.5. The molecule has 0 radical (unpaired) electrons. The van der Waals surface area contributed by atoms with Crippen LogP contribution in [0.3, 0.4) is 0 Å². The van der Waals surface area contributed by atoms with E-state index in [9.17, 15) is 13.2 Å². The fourth-order valence-corrected chi connectivity index (χ4v) is 5.40. The molecular formula is C25H27N3O6S. The Hall–Kier alpha value is -3.47. The third-order valence-electron chi connectivity index (χ3n) is 5.59. The van der Waals surface area contributed by atoms with Gasteiger partial charge >= 0.3 is 0 Å². The van der Waals surface area contributed by atoms with Gasteiger partial charge in [0.2, 0.25) is 15.9 Å². The monoisotopic (exact) mass is 497 g/mol. The summed E-state index contributed by atoms with van der Waals surface area (Å²) in [7, 11) is -2.19. The van der Waals surface area contributed by atoms with Gasteiger partial charge < -0.3 is 19.5 Å². The average molecular weight is 498 g/mol. The zero-order chi connectivity index (χ0) is 24.8. The van der Waals surface area contributed by atoms with Crippen LogP contribution < -0.4 is 14.8 Å². The van der Waals surface area contributed by atoms with Crippen molar-refractivity contribution in [2.24, 2.45) is 0 Å². The molecule has 2 heterocycles. The van der Waals surface area contributed by atoms with Crippen LogP contribution in [0.4, 0.5) is 5.69 Å². The van der Waals surface area contributed by atoms with Crippen molar-refractivity contribution >= 4 is 21.6 Å². The topological polar surface area (TPSA) is 107 Å². The van der Waals surface area contributed by atoms with E-state index in [-0.39, 0.29) is 29.4 Å². The molecule has 1 N–H and O–H groups in total. The highest BCUT2D eigenvalue weighted by atomic mass is 32.2. The van der Waals surface area contributed by atoms with E-state index in [1.165, 1.54) is 10.4 Å². The second-order valence-corrected chi connectivity index (χ2v) is 9.69. The predicted molar refractivity (Wildman–Crippen MR) is 131 cm³/mol. The summed E-state index contributed by atoms with van der Waals surface area (Å²) in [6, 6.07) is 15.0. The minimum Gasteiger partial charge on any atom is -0.497 e. The Morgan fingerprint density at radius 1 is 1.09 bits per heavy atom. The third-order valence-corrected chi connectivity index (χ3v) is 7.57. The molecule has 184 valence electrons. The van der Waals surface area contributed by atoms with Gasteiger partial charge in [0.15, 0.2) is 0 Å². The maximum atomic E-state index is 13.3. The minimum atomic E-state index is -3.76. The molecular weight excluding hydrogens is 470 g/mol. The Bertz CT molecular complexity index is 1290. The lowest BCUT2D eigenvalue weighted by molar-refractivity contribution is 0.0730. The molecule has 1 fully saturated rings. The summed E-state index contributed by atoms with van der Waals surface area (Å²) < 4.78 is 44.3. The summed E-state index contributed by atoms with van der Waals surface area (Å²) in [5.74, 6) is 0.937. The third kappa shape index (κ3) is 5.61. The first-order valence-electron chi connectivity index (χ1n) is 11.2. The Kier molecular flexibility index (Phi) is 7.64. The highest BCUT2D eigenvalue weighted by Crippen LogP contribution is 2.29. The van der Waals surface area contributed by atoms with Crippen molar-refractivity contribution in [3.8, 4) is 17.4 Å². The van der Waals surface area contributed by atoms with E-state index in [0.29, 0.717) is 42.4 Å². The van der Waals surface area contributed by atoms with E-state index in [4.69, 9.17) is 14.2 Å². The summed E-state index contributed by atoms with van der Waals surface area (Å²) in [6.07, 6.45) is 2.07. The SMILES string of the molecule is CCc1ccc(C(=O)Nc2cccnc2Oc2ccc(OC)cc2)cc1S(=O)(=O)N1CCOCC1. The number of ether oxygens (including phenoxy) is 3. The molecule has 10 heteroatoms. The van der Waals surface area contributed by atoms with Gasteiger partial charge in [-0.15, -0.1) is 0 Å². The first-order chi connectivity index (χ1) is 16.9. The molecule has 0 atom stereocenters. The van der Waals surface area contributed by atoms with Crippen molar-refractivity contribution in [3.63, 3.8) is 0 Å². The molecule has 2 aromatic carbocycles. The van der Waals surface area contributed by atoms with Crippen LogP contribution in [0.15, 0.2) is 65.7 Å². The van der Waals surface area contributed by atoms with E-state index in [1.807, 2.05) is 6.92 Å². The van der Waals surface area contributed by atoms with E-state index in [1.54, 1.807) is 61.8 Å². The quantitative estimate of drug-likeness (QED) is 0.505. The smallest absolute Gasteiger partial charge is 0.255 e. The highest BCUT2D eigenvalue weighted by molar-refractivity contribution is 7.89. The molecule has 0 bridgehead atoms. The molecule has 1 aliphatic heterocycles. The van der Waals surface area contributed by atoms with Gasteiger partial charge in [0, 0.05) is 24.8 Å². The molecule has 0 aliphatic carbocycles. The van der Waals surface area contributed by atoms with Crippen LogP contribution in [-0.2, 0) is 21.2 Å².